The maximum Gasteiger partial charge on any atom is 0.0352 e. The van der Waals surface area contributed by atoms with Crippen LogP contribution in [0, 0.1) is 0 Å². The molecule has 1 aliphatic carbocycles. The lowest BCUT2D eigenvalue weighted by Gasteiger charge is -2.19. The molecule has 0 heteroatoms. The first-order valence-electron chi connectivity index (χ1n) is 22.7. The predicted molar refractivity (Wildman–Crippen MR) is 242 cm³/mol. The van der Waals surface area contributed by atoms with E-state index in [0.717, 1.165) is 0 Å². The Morgan fingerprint density at radius 1 is 0.309 bits per heavy atom. The third kappa shape index (κ3) is 11.1. The highest BCUT2D eigenvalue weighted by Gasteiger charge is 2.31. The fourth-order valence-electron chi connectivity index (χ4n) is 8.98. The molecular weight excluding hydrogens is 661 g/mol. The molecule has 0 nitrogen and oxygen atoms in total. The van der Waals surface area contributed by atoms with Crippen LogP contribution < -0.4 is 0 Å². The van der Waals surface area contributed by atoms with Crippen LogP contribution in [0.15, 0.2) is 103 Å². The van der Waals surface area contributed by atoms with Gasteiger partial charge in [0.25, 0.3) is 0 Å². The van der Waals surface area contributed by atoms with Crippen LogP contribution in [0.5, 0.6) is 0 Å². The van der Waals surface area contributed by atoms with Crippen molar-refractivity contribution in [2.75, 3.05) is 0 Å². The van der Waals surface area contributed by atoms with Gasteiger partial charge in [0.05, 0.1) is 0 Å². The van der Waals surface area contributed by atoms with Crippen molar-refractivity contribution in [3.8, 4) is 33.4 Å². The number of hydrogen-bond donors (Lipinski definition) is 0. The van der Waals surface area contributed by atoms with Gasteiger partial charge in [-0.2, -0.15) is 0 Å². The molecule has 290 valence electrons. The number of fused-ring (bicyclic) bond motifs is 3. The summed E-state index contributed by atoms with van der Waals surface area (Å²) in [5.74, 6) is 0.227. The van der Waals surface area contributed by atoms with E-state index in [4.69, 9.17) is 0 Å². The molecule has 0 heterocycles. The Labute approximate surface area is 336 Å². The van der Waals surface area contributed by atoms with Crippen molar-refractivity contribution in [3.05, 3.63) is 142 Å². The lowest BCUT2D eigenvalue weighted by molar-refractivity contribution is 0.660. The zero-order valence-electron chi connectivity index (χ0n) is 35.0. The summed E-state index contributed by atoms with van der Waals surface area (Å²) in [6.45, 7) is 9.22. The summed E-state index contributed by atoms with van der Waals surface area (Å²) < 4.78 is 0. The largest absolute Gasteiger partial charge is 0.0654 e. The molecule has 0 unspecified atom stereocenters. The monoisotopic (exact) mass is 731 g/mol. The highest BCUT2D eigenvalue weighted by molar-refractivity contribution is 5.86. The molecule has 0 fully saturated rings. The zero-order chi connectivity index (χ0) is 38.2. The summed E-state index contributed by atoms with van der Waals surface area (Å²) in [7, 11) is 0. The Bertz CT molecular complexity index is 1750. The minimum atomic E-state index is 0.227. The molecule has 0 radical (unpaired) electrons. The first kappa shape index (κ1) is 40.8. The van der Waals surface area contributed by atoms with Gasteiger partial charge >= 0.3 is 0 Å². The van der Waals surface area contributed by atoms with Gasteiger partial charge in [-0.3, -0.25) is 0 Å². The fraction of sp³-hybridized carbons (Fsp3) is 0.455. The summed E-state index contributed by atoms with van der Waals surface area (Å²) in [6.07, 6.45) is 25.7. The molecule has 5 aromatic rings. The van der Waals surface area contributed by atoms with Crippen molar-refractivity contribution in [3.63, 3.8) is 0 Å². The third-order valence-corrected chi connectivity index (χ3v) is 12.3. The Hall–Kier alpha value is -3.90. The SMILES string of the molecule is CCCCCCc1ccc(-c2ccc3c(c2)C(c2cc(CCCCCC)cc(CCCCCC)c2)c2cc(-c4ccc(CCCCCC)cc4)ccc2-3)cc1. The van der Waals surface area contributed by atoms with E-state index in [1.165, 1.54) is 201 Å². The Morgan fingerprint density at radius 3 is 1.02 bits per heavy atom. The molecule has 0 N–H and O–H groups in total. The van der Waals surface area contributed by atoms with Gasteiger partial charge in [0.1, 0.15) is 0 Å². The van der Waals surface area contributed by atoms with Crippen LogP contribution in [-0.2, 0) is 25.7 Å². The van der Waals surface area contributed by atoms with Crippen molar-refractivity contribution >= 4 is 0 Å². The molecule has 0 bridgehead atoms. The normalized spacial score (nSPS) is 12.3. The van der Waals surface area contributed by atoms with Crippen molar-refractivity contribution in [2.24, 2.45) is 0 Å². The predicted octanol–water partition coefficient (Wildman–Crippen LogP) is 16.7. The van der Waals surface area contributed by atoms with E-state index >= 15 is 0 Å². The number of aryl methyl sites for hydroxylation is 4. The maximum absolute atomic E-state index is 2.59. The van der Waals surface area contributed by atoms with Gasteiger partial charge in [-0.25, -0.2) is 0 Å². The van der Waals surface area contributed by atoms with Gasteiger partial charge in [0.15, 0.2) is 0 Å². The quantitative estimate of drug-likeness (QED) is 0.0576. The molecule has 5 aromatic carbocycles. The van der Waals surface area contributed by atoms with Gasteiger partial charge < -0.3 is 0 Å². The molecular formula is C55H70. The first-order valence-corrected chi connectivity index (χ1v) is 22.7. The summed E-state index contributed by atoms with van der Waals surface area (Å²) >= 11 is 0. The Morgan fingerprint density at radius 2 is 0.655 bits per heavy atom. The van der Waals surface area contributed by atoms with Crippen LogP contribution in [0.4, 0.5) is 0 Å². The van der Waals surface area contributed by atoms with Crippen LogP contribution in [0.25, 0.3) is 33.4 Å². The second-order valence-electron chi connectivity index (χ2n) is 16.8. The van der Waals surface area contributed by atoms with Crippen molar-refractivity contribution < 1.29 is 0 Å². The van der Waals surface area contributed by atoms with E-state index in [-0.39, 0.29) is 5.92 Å². The molecule has 0 aliphatic heterocycles. The second kappa shape index (κ2) is 21.4. The summed E-state index contributed by atoms with van der Waals surface area (Å²) in [5.41, 5.74) is 18.5. The van der Waals surface area contributed by atoms with Crippen LogP contribution in [0.1, 0.15) is 175 Å². The summed E-state index contributed by atoms with van der Waals surface area (Å²) in [6, 6.07) is 41.4. The molecule has 0 spiro atoms. The highest BCUT2D eigenvalue weighted by atomic mass is 14.3. The Balaban J connectivity index is 1.37. The molecule has 0 amide bonds. The minimum Gasteiger partial charge on any atom is -0.0654 e. The Kier molecular flexibility index (Phi) is 15.9. The van der Waals surface area contributed by atoms with E-state index in [1.807, 2.05) is 0 Å². The standard InChI is InChI=1S/C55H70/c1-5-9-13-17-21-42-25-29-46(30-26-42)48-33-35-51-52-36-34-49(47-31-27-43(28-32-47)22-18-14-10-6-2)41-54(52)55(53(51)40-48)50-38-44(23-19-15-11-7-3)37-45(39-50)24-20-16-12-8-4/h25-41,55H,5-24H2,1-4H3. The van der Waals surface area contributed by atoms with Gasteiger partial charge in [0.2, 0.25) is 0 Å². The molecule has 0 aromatic heterocycles. The van der Waals surface area contributed by atoms with Crippen LogP contribution >= 0.6 is 0 Å². The third-order valence-electron chi connectivity index (χ3n) is 12.3. The molecule has 0 saturated heterocycles. The van der Waals surface area contributed by atoms with Gasteiger partial charge in [-0.1, -0.05) is 196 Å². The van der Waals surface area contributed by atoms with Gasteiger partial charge in [-0.15, -0.1) is 0 Å². The van der Waals surface area contributed by atoms with Crippen LogP contribution in [0.2, 0.25) is 0 Å². The molecule has 0 saturated carbocycles. The number of unbranched alkanes of at least 4 members (excludes halogenated alkanes) is 12. The average Bonchev–Trinajstić information content (AvgIpc) is 3.55. The van der Waals surface area contributed by atoms with Crippen molar-refractivity contribution in [2.45, 2.75) is 162 Å². The molecule has 1 aliphatic rings. The van der Waals surface area contributed by atoms with E-state index in [0.29, 0.717) is 0 Å². The van der Waals surface area contributed by atoms with E-state index in [1.54, 1.807) is 0 Å². The lowest BCUT2D eigenvalue weighted by Crippen LogP contribution is -2.03. The number of hydrogen-bond acceptors (Lipinski definition) is 0. The summed E-state index contributed by atoms with van der Waals surface area (Å²) in [5, 5.41) is 0. The smallest absolute Gasteiger partial charge is 0.0352 e. The number of benzene rings is 5. The lowest BCUT2D eigenvalue weighted by atomic mass is 9.84. The molecule has 55 heavy (non-hydrogen) atoms. The second-order valence-corrected chi connectivity index (χ2v) is 16.8. The molecule has 6 rings (SSSR count). The van der Waals surface area contributed by atoms with Crippen molar-refractivity contribution in [1.29, 1.82) is 0 Å². The highest BCUT2D eigenvalue weighted by Crippen LogP contribution is 2.50. The number of rotatable bonds is 23. The van der Waals surface area contributed by atoms with E-state index in [2.05, 4.69) is 131 Å². The summed E-state index contributed by atoms with van der Waals surface area (Å²) in [4.78, 5) is 0. The van der Waals surface area contributed by atoms with Crippen LogP contribution in [0.3, 0.4) is 0 Å². The zero-order valence-corrected chi connectivity index (χ0v) is 35.0. The average molecular weight is 731 g/mol. The fourth-order valence-corrected chi connectivity index (χ4v) is 8.98. The first-order chi connectivity index (χ1) is 27.1. The van der Waals surface area contributed by atoms with E-state index in [9.17, 15) is 0 Å². The molecule has 0 atom stereocenters. The minimum absolute atomic E-state index is 0.227. The maximum atomic E-state index is 2.59. The van der Waals surface area contributed by atoms with Gasteiger partial charge in [-0.05, 0) is 136 Å². The van der Waals surface area contributed by atoms with Gasteiger partial charge in [0, 0.05) is 5.92 Å². The van der Waals surface area contributed by atoms with E-state index < -0.39 is 0 Å². The topological polar surface area (TPSA) is 0 Å². The van der Waals surface area contributed by atoms with Crippen molar-refractivity contribution in [1.82, 2.24) is 0 Å². The van der Waals surface area contributed by atoms with Crippen LogP contribution in [-0.4, -0.2) is 0 Å².